The van der Waals surface area contributed by atoms with Crippen LogP contribution in [-0.4, -0.2) is 13.1 Å². The van der Waals surface area contributed by atoms with Gasteiger partial charge in [0, 0.05) is 0 Å². The van der Waals surface area contributed by atoms with Crippen LogP contribution in [0.5, 0.6) is 0 Å². The summed E-state index contributed by atoms with van der Waals surface area (Å²) in [5.74, 6) is -0.895. The van der Waals surface area contributed by atoms with E-state index in [1.807, 2.05) is 0 Å². The van der Waals surface area contributed by atoms with Crippen LogP contribution in [0.1, 0.15) is 24.0 Å². The molecule has 0 saturated carbocycles. The molecule has 1 heterocycles. The van der Waals surface area contributed by atoms with Gasteiger partial charge in [0.2, 0.25) is 0 Å². The smallest absolute Gasteiger partial charge is 0.317 e. The molecule has 1 saturated heterocycles. The summed E-state index contributed by atoms with van der Waals surface area (Å²) in [6.45, 7) is 1.33. The van der Waals surface area contributed by atoms with Crippen molar-refractivity contribution in [3.8, 4) is 6.07 Å². The van der Waals surface area contributed by atoms with Gasteiger partial charge in [-0.25, -0.2) is 4.39 Å². The van der Waals surface area contributed by atoms with Crippen LogP contribution in [0, 0.1) is 22.6 Å². The molecule has 2 nitrogen and oxygen atoms in total. The standard InChI is InChI=1S/C14H14F4N2/c15-12-7-11(14(16,17)18)2-1-10(12)8-13(9-19)3-5-20-6-4-13/h1-2,7,20H,3-6,8H2. The van der Waals surface area contributed by atoms with Crippen molar-refractivity contribution >= 4 is 0 Å². The Hall–Kier alpha value is -1.61. The first-order chi connectivity index (χ1) is 9.36. The van der Waals surface area contributed by atoms with Gasteiger partial charge in [-0.15, -0.1) is 0 Å². The van der Waals surface area contributed by atoms with E-state index < -0.39 is 23.0 Å². The second-order valence-corrected chi connectivity index (χ2v) is 5.12. The lowest BCUT2D eigenvalue weighted by Crippen LogP contribution is -2.37. The van der Waals surface area contributed by atoms with Crippen molar-refractivity contribution in [1.29, 1.82) is 5.26 Å². The van der Waals surface area contributed by atoms with Gasteiger partial charge in [0.1, 0.15) is 5.82 Å². The summed E-state index contributed by atoms with van der Waals surface area (Å²) in [5.41, 5.74) is -1.53. The second kappa shape index (κ2) is 5.41. The molecule has 1 aromatic rings. The number of halogens is 4. The van der Waals surface area contributed by atoms with Gasteiger partial charge in [-0.3, -0.25) is 0 Å². The van der Waals surface area contributed by atoms with E-state index in [0.29, 0.717) is 32.0 Å². The number of hydrogen-bond acceptors (Lipinski definition) is 2. The summed E-state index contributed by atoms with van der Waals surface area (Å²) in [6.07, 6.45) is -3.26. The van der Waals surface area contributed by atoms with E-state index in [0.717, 1.165) is 12.1 Å². The zero-order valence-corrected chi connectivity index (χ0v) is 10.7. The first-order valence-electron chi connectivity index (χ1n) is 6.34. The number of benzene rings is 1. The van der Waals surface area contributed by atoms with Crippen molar-refractivity contribution in [2.24, 2.45) is 5.41 Å². The number of nitrogens with zero attached hydrogens (tertiary/aromatic N) is 1. The zero-order valence-electron chi connectivity index (χ0n) is 10.7. The van der Waals surface area contributed by atoms with Gasteiger partial charge >= 0.3 is 6.18 Å². The third-order valence-corrected chi connectivity index (χ3v) is 3.71. The van der Waals surface area contributed by atoms with Gasteiger partial charge in [0.25, 0.3) is 0 Å². The molecule has 0 atom stereocenters. The van der Waals surface area contributed by atoms with Crippen LogP contribution in [0.3, 0.4) is 0 Å². The SMILES string of the molecule is N#CC1(Cc2ccc(C(F)(F)F)cc2F)CCNCC1. The lowest BCUT2D eigenvalue weighted by molar-refractivity contribution is -0.137. The average Bonchev–Trinajstić information content (AvgIpc) is 2.41. The molecule has 1 aliphatic rings. The van der Waals surface area contributed by atoms with E-state index in [4.69, 9.17) is 0 Å². The minimum Gasteiger partial charge on any atom is -0.317 e. The molecule has 1 aromatic carbocycles. The molecule has 108 valence electrons. The Labute approximate surface area is 114 Å². The highest BCUT2D eigenvalue weighted by Gasteiger charge is 2.35. The van der Waals surface area contributed by atoms with Crippen LogP contribution >= 0.6 is 0 Å². The first kappa shape index (κ1) is 14.8. The quantitative estimate of drug-likeness (QED) is 0.847. The minimum absolute atomic E-state index is 0.148. The number of hydrogen-bond donors (Lipinski definition) is 1. The third kappa shape index (κ3) is 3.10. The Morgan fingerprint density at radius 3 is 2.40 bits per heavy atom. The topological polar surface area (TPSA) is 35.8 Å². The van der Waals surface area contributed by atoms with Gasteiger partial charge in [-0.1, -0.05) is 6.07 Å². The van der Waals surface area contributed by atoms with Gasteiger partial charge < -0.3 is 5.32 Å². The number of nitriles is 1. The molecule has 0 spiro atoms. The van der Waals surface area contributed by atoms with Crippen LogP contribution in [0.2, 0.25) is 0 Å². The molecule has 2 rings (SSSR count). The average molecular weight is 286 g/mol. The maximum absolute atomic E-state index is 13.8. The predicted molar refractivity (Wildman–Crippen MR) is 65.3 cm³/mol. The number of nitrogens with one attached hydrogen (secondary N) is 1. The predicted octanol–water partition coefficient (Wildman–Crippen LogP) is 3.28. The lowest BCUT2D eigenvalue weighted by atomic mass is 9.75. The Bertz CT molecular complexity index is 525. The van der Waals surface area contributed by atoms with Gasteiger partial charge in [0.05, 0.1) is 17.0 Å². The molecular formula is C14H14F4N2. The van der Waals surface area contributed by atoms with Crippen molar-refractivity contribution in [3.63, 3.8) is 0 Å². The van der Waals surface area contributed by atoms with Crippen LogP contribution in [0.4, 0.5) is 17.6 Å². The Balaban J connectivity index is 2.24. The Kier molecular flexibility index (Phi) is 4.00. The summed E-state index contributed by atoms with van der Waals surface area (Å²) in [4.78, 5) is 0. The molecule has 0 aromatic heterocycles. The summed E-state index contributed by atoms with van der Waals surface area (Å²) in [7, 11) is 0. The van der Waals surface area contributed by atoms with Crippen LogP contribution in [-0.2, 0) is 12.6 Å². The molecular weight excluding hydrogens is 272 g/mol. The van der Waals surface area contributed by atoms with Crippen molar-refractivity contribution in [2.75, 3.05) is 13.1 Å². The maximum Gasteiger partial charge on any atom is 0.416 e. The van der Waals surface area contributed by atoms with Crippen molar-refractivity contribution in [1.82, 2.24) is 5.32 Å². The van der Waals surface area contributed by atoms with E-state index in [-0.39, 0.29) is 12.0 Å². The molecule has 20 heavy (non-hydrogen) atoms. The summed E-state index contributed by atoms with van der Waals surface area (Å²) < 4.78 is 51.2. The molecule has 0 radical (unpaired) electrons. The van der Waals surface area contributed by atoms with E-state index in [1.165, 1.54) is 0 Å². The van der Waals surface area contributed by atoms with E-state index >= 15 is 0 Å². The van der Waals surface area contributed by atoms with Crippen LogP contribution in [0.15, 0.2) is 18.2 Å². The maximum atomic E-state index is 13.8. The summed E-state index contributed by atoms with van der Waals surface area (Å²) in [5, 5.41) is 12.4. The fourth-order valence-electron chi connectivity index (χ4n) is 2.47. The van der Waals surface area contributed by atoms with E-state index in [1.54, 1.807) is 0 Å². The van der Waals surface area contributed by atoms with Gasteiger partial charge in [0.15, 0.2) is 0 Å². The molecule has 1 aliphatic heterocycles. The molecule has 1 fully saturated rings. The molecule has 6 heteroatoms. The normalized spacial score (nSPS) is 18.6. The van der Waals surface area contributed by atoms with Crippen LogP contribution in [0.25, 0.3) is 0 Å². The lowest BCUT2D eigenvalue weighted by Gasteiger charge is -2.31. The van der Waals surface area contributed by atoms with Gasteiger partial charge in [-0.2, -0.15) is 18.4 Å². The van der Waals surface area contributed by atoms with Gasteiger partial charge in [-0.05, 0) is 50.0 Å². The monoisotopic (exact) mass is 286 g/mol. The largest absolute Gasteiger partial charge is 0.416 e. The highest BCUT2D eigenvalue weighted by molar-refractivity contribution is 5.28. The second-order valence-electron chi connectivity index (χ2n) is 5.12. The highest BCUT2D eigenvalue weighted by Crippen LogP contribution is 2.35. The molecule has 0 unspecified atom stereocenters. The molecule has 0 amide bonds. The van der Waals surface area contributed by atoms with Crippen LogP contribution < -0.4 is 5.32 Å². The van der Waals surface area contributed by atoms with E-state index in [9.17, 15) is 22.8 Å². The summed E-state index contributed by atoms with van der Waals surface area (Å²) >= 11 is 0. The number of rotatable bonds is 2. The molecule has 0 aliphatic carbocycles. The third-order valence-electron chi connectivity index (χ3n) is 3.71. The number of alkyl halides is 3. The Morgan fingerprint density at radius 1 is 1.25 bits per heavy atom. The van der Waals surface area contributed by atoms with Crippen molar-refractivity contribution < 1.29 is 17.6 Å². The fraction of sp³-hybridized carbons (Fsp3) is 0.500. The molecule has 0 bridgehead atoms. The van der Waals surface area contributed by atoms with E-state index in [2.05, 4.69) is 11.4 Å². The fourth-order valence-corrected chi connectivity index (χ4v) is 2.47. The Morgan fingerprint density at radius 2 is 1.90 bits per heavy atom. The molecule has 1 N–H and O–H groups in total. The minimum atomic E-state index is -4.55. The number of piperidine rings is 1. The highest BCUT2D eigenvalue weighted by atomic mass is 19.4. The summed E-state index contributed by atoms with van der Waals surface area (Å²) in [6, 6.07) is 4.71. The first-order valence-corrected chi connectivity index (χ1v) is 6.34. The van der Waals surface area contributed by atoms with Crippen molar-refractivity contribution in [3.05, 3.63) is 35.1 Å². The zero-order chi connectivity index (χ0) is 14.8. The van der Waals surface area contributed by atoms with Crippen molar-refractivity contribution in [2.45, 2.75) is 25.4 Å².